The zero-order valence-corrected chi connectivity index (χ0v) is 13.5. The van der Waals surface area contributed by atoms with Crippen LogP contribution in [0.4, 0.5) is 9.59 Å². The van der Waals surface area contributed by atoms with Crippen LogP contribution < -0.4 is 10.4 Å². The second-order valence-corrected chi connectivity index (χ2v) is 7.47. The standard InChI is InChI=1S/C14H26N2O5/c1-13(2,3)10-9(8(17)7-16(10)12(19)20)15-11(18)21-14(4,5)6/h8-10,17H,7H2,1-6H3,(H,15,18)(H,19,20)/p-1. The molecule has 0 aromatic heterocycles. The zero-order chi connectivity index (χ0) is 16.6. The molecule has 1 rings (SSSR count). The van der Waals surface area contributed by atoms with Crippen molar-refractivity contribution in [2.24, 2.45) is 5.41 Å². The Hall–Kier alpha value is -1.50. The number of β-amino-alcohol motifs (C(OH)–C–C–N with tert-alkyl or cyclic N) is 1. The number of ether oxygens (including phenoxy) is 1. The van der Waals surface area contributed by atoms with Crippen LogP contribution in [0.15, 0.2) is 0 Å². The van der Waals surface area contributed by atoms with E-state index in [4.69, 9.17) is 4.74 Å². The van der Waals surface area contributed by atoms with Gasteiger partial charge in [0.05, 0.1) is 18.2 Å². The van der Waals surface area contributed by atoms with Crippen molar-refractivity contribution in [2.75, 3.05) is 6.54 Å². The molecule has 0 spiro atoms. The predicted molar refractivity (Wildman–Crippen MR) is 74.5 cm³/mol. The van der Waals surface area contributed by atoms with E-state index in [1.807, 2.05) is 20.8 Å². The van der Waals surface area contributed by atoms with Crippen LogP contribution in [0.2, 0.25) is 0 Å². The Morgan fingerprint density at radius 2 is 1.76 bits per heavy atom. The van der Waals surface area contributed by atoms with Gasteiger partial charge >= 0.3 is 6.09 Å². The number of carboxylic acid groups (broad SMARTS) is 1. The summed E-state index contributed by atoms with van der Waals surface area (Å²) >= 11 is 0. The fourth-order valence-electron chi connectivity index (χ4n) is 2.65. The SMILES string of the molecule is CC(C)(C)OC(=O)NC1C(O)CN(C(=O)[O-])C1C(C)(C)C. The molecule has 7 heteroatoms. The number of likely N-dealkylation sites (tertiary alicyclic amines) is 1. The average molecular weight is 301 g/mol. The molecule has 3 unspecified atom stereocenters. The number of aliphatic hydroxyl groups is 1. The van der Waals surface area contributed by atoms with Crippen LogP contribution in [-0.2, 0) is 4.74 Å². The highest BCUT2D eigenvalue weighted by Crippen LogP contribution is 2.33. The van der Waals surface area contributed by atoms with Gasteiger partial charge in [-0.1, -0.05) is 20.8 Å². The van der Waals surface area contributed by atoms with Crippen LogP contribution in [0, 0.1) is 5.41 Å². The van der Waals surface area contributed by atoms with Crippen molar-refractivity contribution in [3.63, 3.8) is 0 Å². The minimum absolute atomic E-state index is 0.0925. The lowest BCUT2D eigenvalue weighted by Gasteiger charge is -2.39. The maximum absolute atomic E-state index is 11.9. The molecule has 0 aromatic rings. The Balaban J connectivity index is 2.92. The normalized spacial score (nSPS) is 26.6. The second kappa shape index (κ2) is 5.71. The third kappa shape index (κ3) is 4.49. The minimum Gasteiger partial charge on any atom is -0.530 e. The highest BCUT2D eigenvalue weighted by atomic mass is 16.6. The Morgan fingerprint density at radius 3 is 2.14 bits per heavy atom. The number of hydrogen-bond acceptors (Lipinski definition) is 5. The van der Waals surface area contributed by atoms with E-state index in [0.29, 0.717) is 0 Å². The van der Waals surface area contributed by atoms with Gasteiger partial charge < -0.3 is 30.0 Å². The second-order valence-electron chi connectivity index (χ2n) is 7.47. The first kappa shape index (κ1) is 17.6. The smallest absolute Gasteiger partial charge is 0.408 e. The van der Waals surface area contributed by atoms with Gasteiger partial charge in [0.2, 0.25) is 0 Å². The van der Waals surface area contributed by atoms with Crippen molar-refractivity contribution in [3.05, 3.63) is 0 Å². The van der Waals surface area contributed by atoms with E-state index in [-0.39, 0.29) is 6.54 Å². The van der Waals surface area contributed by atoms with Gasteiger partial charge in [-0.15, -0.1) is 0 Å². The van der Waals surface area contributed by atoms with Crippen LogP contribution in [0.1, 0.15) is 41.5 Å². The van der Waals surface area contributed by atoms with Gasteiger partial charge in [0, 0.05) is 6.54 Å². The molecule has 0 aliphatic carbocycles. The number of rotatable bonds is 1. The van der Waals surface area contributed by atoms with Gasteiger partial charge in [0.1, 0.15) is 11.7 Å². The molecule has 1 aliphatic rings. The van der Waals surface area contributed by atoms with E-state index in [1.165, 1.54) is 0 Å². The van der Waals surface area contributed by atoms with Crippen LogP contribution in [0.25, 0.3) is 0 Å². The van der Waals surface area contributed by atoms with Crippen LogP contribution in [0.5, 0.6) is 0 Å². The lowest BCUT2D eigenvalue weighted by atomic mass is 9.82. The molecule has 1 fully saturated rings. The molecule has 1 aliphatic heterocycles. The summed E-state index contributed by atoms with van der Waals surface area (Å²) in [5, 5.41) is 23.9. The van der Waals surface area contributed by atoms with Gasteiger partial charge in [-0.3, -0.25) is 0 Å². The summed E-state index contributed by atoms with van der Waals surface area (Å²) in [5.41, 5.74) is -1.14. The molecule has 21 heavy (non-hydrogen) atoms. The number of nitrogens with zero attached hydrogens (tertiary/aromatic N) is 1. The first-order valence-electron chi connectivity index (χ1n) is 6.98. The largest absolute Gasteiger partial charge is 0.530 e. The molecular weight excluding hydrogens is 276 g/mol. The van der Waals surface area contributed by atoms with Gasteiger partial charge in [-0.2, -0.15) is 0 Å². The minimum atomic E-state index is -1.36. The first-order valence-corrected chi connectivity index (χ1v) is 6.98. The molecule has 1 saturated heterocycles. The fraction of sp³-hybridized carbons (Fsp3) is 0.857. The van der Waals surface area contributed by atoms with Gasteiger partial charge in [0.25, 0.3) is 0 Å². The number of nitrogens with one attached hydrogen (secondary N) is 1. The molecule has 1 heterocycles. The summed E-state index contributed by atoms with van der Waals surface area (Å²) in [4.78, 5) is 24.2. The Kier molecular flexibility index (Phi) is 4.77. The quantitative estimate of drug-likeness (QED) is 0.726. The summed E-state index contributed by atoms with van der Waals surface area (Å²) in [5.74, 6) is 0. The van der Waals surface area contributed by atoms with Crippen LogP contribution in [0.3, 0.4) is 0 Å². The molecule has 2 N–H and O–H groups in total. The van der Waals surface area contributed by atoms with E-state index in [1.54, 1.807) is 20.8 Å². The predicted octanol–water partition coefficient (Wildman–Crippen LogP) is 0.314. The third-order valence-electron chi connectivity index (χ3n) is 3.28. The summed E-state index contributed by atoms with van der Waals surface area (Å²) in [6.45, 7) is 10.6. The molecule has 0 saturated carbocycles. The Morgan fingerprint density at radius 1 is 1.24 bits per heavy atom. The Bertz CT molecular complexity index is 411. The number of carbonyl (C=O) groups is 2. The van der Waals surface area contributed by atoms with Gasteiger partial charge in [-0.05, 0) is 26.2 Å². The van der Waals surface area contributed by atoms with Crippen molar-refractivity contribution < 1.29 is 24.5 Å². The highest BCUT2D eigenvalue weighted by Gasteiger charge is 2.48. The highest BCUT2D eigenvalue weighted by molar-refractivity contribution is 5.69. The van der Waals surface area contributed by atoms with E-state index in [0.717, 1.165) is 4.90 Å². The first-order chi connectivity index (χ1) is 9.33. The van der Waals surface area contributed by atoms with E-state index in [9.17, 15) is 19.8 Å². The zero-order valence-electron chi connectivity index (χ0n) is 13.5. The van der Waals surface area contributed by atoms with Crippen molar-refractivity contribution in [1.29, 1.82) is 0 Å². The van der Waals surface area contributed by atoms with E-state index in [2.05, 4.69) is 5.32 Å². The summed E-state index contributed by atoms with van der Waals surface area (Å²) < 4.78 is 5.16. The van der Waals surface area contributed by atoms with Crippen molar-refractivity contribution in [2.45, 2.75) is 65.3 Å². The molecule has 0 aromatic carbocycles. The van der Waals surface area contributed by atoms with Crippen molar-refractivity contribution in [3.8, 4) is 0 Å². The molecule has 0 bridgehead atoms. The molecular formula is C14H25N2O5-. The lowest BCUT2D eigenvalue weighted by molar-refractivity contribution is -0.268. The molecule has 122 valence electrons. The number of hydrogen-bond donors (Lipinski definition) is 2. The average Bonchev–Trinajstić information content (AvgIpc) is 2.52. The van der Waals surface area contributed by atoms with Crippen LogP contribution in [-0.4, -0.2) is 52.5 Å². The summed E-state index contributed by atoms with van der Waals surface area (Å²) in [7, 11) is 0. The summed E-state index contributed by atoms with van der Waals surface area (Å²) in [6.07, 6.45) is -3.04. The van der Waals surface area contributed by atoms with Crippen molar-refractivity contribution >= 4 is 12.2 Å². The molecule has 7 nitrogen and oxygen atoms in total. The number of alkyl carbamates (subject to hydrolysis) is 1. The number of carbonyl (C=O) groups excluding carboxylic acids is 2. The van der Waals surface area contributed by atoms with E-state index >= 15 is 0 Å². The van der Waals surface area contributed by atoms with E-state index < -0.39 is 41.4 Å². The fourth-order valence-corrected chi connectivity index (χ4v) is 2.65. The molecule has 2 amide bonds. The molecule has 3 atom stereocenters. The maximum Gasteiger partial charge on any atom is 0.408 e. The maximum atomic E-state index is 11.9. The number of aliphatic hydroxyl groups excluding tert-OH is 1. The summed E-state index contributed by atoms with van der Waals surface area (Å²) in [6, 6.07) is -1.33. The van der Waals surface area contributed by atoms with Gasteiger partial charge in [0.15, 0.2) is 0 Å². The topological polar surface area (TPSA) is 102 Å². The third-order valence-corrected chi connectivity index (χ3v) is 3.28. The van der Waals surface area contributed by atoms with Crippen molar-refractivity contribution in [1.82, 2.24) is 10.2 Å². The number of amides is 2. The Labute approximate surface area is 125 Å². The van der Waals surface area contributed by atoms with Crippen LogP contribution >= 0.6 is 0 Å². The molecule has 0 radical (unpaired) electrons. The van der Waals surface area contributed by atoms with Gasteiger partial charge in [-0.25, -0.2) is 4.79 Å². The monoisotopic (exact) mass is 301 g/mol. The lowest BCUT2D eigenvalue weighted by Crippen LogP contribution is -2.57.